The Morgan fingerprint density at radius 1 is 1.17 bits per heavy atom. The highest BCUT2D eigenvalue weighted by molar-refractivity contribution is 5.67. The molecule has 2 aliphatic rings. The summed E-state index contributed by atoms with van der Waals surface area (Å²) in [5, 5.41) is 7.32. The van der Waals surface area contributed by atoms with E-state index in [9.17, 15) is 22.0 Å². The first kappa shape index (κ1) is 23.5. The molecule has 0 bridgehead atoms. The molecular formula is C20H22F5N5. The topological polar surface area (TPSA) is 78.8 Å². The highest BCUT2D eigenvalue weighted by Gasteiger charge is 2.43. The molecule has 1 aliphatic heterocycles. The third-order valence-corrected chi connectivity index (χ3v) is 4.63. The van der Waals surface area contributed by atoms with E-state index in [0.29, 0.717) is 30.2 Å². The van der Waals surface area contributed by atoms with Crippen LogP contribution in [-0.2, 0) is 18.9 Å². The van der Waals surface area contributed by atoms with E-state index in [-0.39, 0.29) is 12.1 Å². The van der Waals surface area contributed by atoms with Gasteiger partial charge in [0.15, 0.2) is 0 Å². The molecular weight excluding hydrogens is 405 g/mol. The van der Waals surface area contributed by atoms with Gasteiger partial charge < -0.3 is 10.6 Å². The van der Waals surface area contributed by atoms with Crippen molar-refractivity contribution in [3.8, 4) is 17.3 Å². The average Bonchev–Trinajstić information content (AvgIpc) is 2.95. The van der Waals surface area contributed by atoms with Gasteiger partial charge in [0.05, 0.1) is 11.8 Å². The molecule has 0 unspecified atom stereocenters. The monoisotopic (exact) mass is 427 g/mol. The van der Waals surface area contributed by atoms with Crippen LogP contribution in [0.3, 0.4) is 0 Å². The Bertz CT molecular complexity index is 874. The van der Waals surface area contributed by atoms with E-state index in [0.717, 1.165) is 30.6 Å². The highest BCUT2D eigenvalue weighted by Crippen LogP contribution is 2.44. The number of anilines is 1. The number of hydrogen-bond acceptors (Lipinski definition) is 5. The summed E-state index contributed by atoms with van der Waals surface area (Å²) in [6.45, 7) is -0.120. The van der Waals surface area contributed by atoms with Gasteiger partial charge in [-0.2, -0.15) is 27.2 Å². The van der Waals surface area contributed by atoms with Crippen LogP contribution in [0.1, 0.15) is 36.6 Å². The molecule has 1 saturated heterocycles. The number of aromatic nitrogens is 2. The van der Waals surface area contributed by atoms with Crippen LogP contribution in [-0.4, -0.2) is 29.7 Å². The molecule has 0 saturated carbocycles. The molecule has 162 valence electrons. The summed E-state index contributed by atoms with van der Waals surface area (Å²) in [4.78, 5) is 10.8. The number of nitrogens with two attached hydrogens (primary N) is 1. The smallest absolute Gasteiger partial charge is 0.341 e. The Balaban J connectivity index is 0.000000403. The summed E-state index contributed by atoms with van der Waals surface area (Å²) in [5.41, 5.74) is 8.61. The van der Waals surface area contributed by atoms with Gasteiger partial charge in [0.1, 0.15) is 5.69 Å². The van der Waals surface area contributed by atoms with Gasteiger partial charge in [-0.3, -0.25) is 0 Å². The zero-order chi connectivity index (χ0) is 22.3. The maximum Gasteiger partial charge on any atom is 0.379 e. The van der Waals surface area contributed by atoms with Gasteiger partial charge in [-0.1, -0.05) is 24.3 Å². The molecule has 0 radical (unpaired) electrons. The number of rotatable bonds is 3. The van der Waals surface area contributed by atoms with Crippen LogP contribution in [0.25, 0.3) is 11.3 Å². The number of alkyl halides is 5. The molecule has 1 aromatic heterocycles. The predicted octanol–water partition coefficient (Wildman–Crippen LogP) is 4.56. The second kappa shape index (κ2) is 10.3. The van der Waals surface area contributed by atoms with Crippen LogP contribution >= 0.6 is 0 Å². The summed E-state index contributed by atoms with van der Waals surface area (Å²) in [5.74, 6) is -2.43. The van der Waals surface area contributed by atoms with Crippen LogP contribution < -0.4 is 10.6 Å². The Hall–Kier alpha value is -2.80. The van der Waals surface area contributed by atoms with E-state index in [4.69, 9.17) is 11.0 Å². The number of hydrogen-bond donors (Lipinski definition) is 1. The maximum absolute atomic E-state index is 14.2. The molecule has 0 amide bonds. The van der Waals surface area contributed by atoms with Crippen molar-refractivity contribution in [2.24, 2.45) is 5.73 Å². The van der Waals surface area contributed by atoms with Crippen molar-refractivity contribution >= 4 is 5.95 Å². The Labute approximate surface area is 171 Å². The standard InChI is InChI=1S/C17H18F2N4.C2H3N.CHF3/c18-17(19)7-6-13-14(12-4-2-11(10-20)3-5-12)21-16(22-15(13)17)23-8-1-9-23;1-2-3;2-1(3)4/h2-5H,1,6-10,20H2;1H3;1H. The minimum atomic E-state index is -3.67. The average molecular weight is 427 g/mol. The van der Waals surface area contributed by atoms with E-state index < -0.39 is 12.6 Å². The van der Waals surface area contributed by atoms with Crippen molar-refractivity contribution in [3.63, 3.8) is 0 Å². The van der Waals surface area contributed by atoms with Crippen molar-refractivity contribution in [1.82, 2.24) is 9.97 Å². The fourth-order valence-electron chi connectivity index (χ4n) is 3.11. The van der Waals surface area contributed by atoms with E-state index in [1.165, 1.54) is 6.92 Å². The number of benzene rings is 1. The van der Waals surface area contributed by atoms with E-state index >= 15 is 0 Å². The summed E-state index contributed by atoms with van der Waals surface area (Å²) in [6.07, 6.45) is 1.18. The third kappa shape index (κ3) is 5.63. The lowest BCUT2D eigenvalue weighted by molar-refractivity contribution is -0.00596. The quantitative estimate of drug-likeness (QED) is 0.727. The molecule has 1 aliphatic carbocycles. The summed E-state index contributed by atoms with van der Waals surface area (Å²) < 4.78 is 57.4. The SMILES string of the molecule is CC#N.FC(F)F.NCc1ccc(-c2nc(N3CCC3)nc3c2CCC3(F)F)cc1. The largest absolute Gasteiger partial charge is 0.379 e. The zero-order valence-electron chi connectivity index (χ0n) is 16.4. The fraction of sp³-hybridized carbons (Fsp3) is 0.450. The minimum absolute atomic E-state index is 0.0905. The first-order valence-corrected chi connectivity index (χ1v) is 9.30. The number of fused-ring (bicyclic) bond motifs is 1. The summed E-state index contributed by atoms with van der Waals surface area (Å²) in [7, 11) is 0. The lowest BCUT2D eigenvalue weighted by Crippen LogP contribution is -2.38. The molecule has 1 fully saturated rings. The normalized spacial score (nSPS) is 15.8. The molecule has 0 spiro atoms. The van der Waals surface area contributed by atoms with Crippen LogP contribution in [0.15, 0.2) is 24.3 Å². The second-order valence-electron chi connectivity index (χ2n) is 6.62. The van der Waals surface area contributed by atoms with Crippen LogP contribution in [0, 0.1) is 11.3 Å². The fourth-order valence-corrected chi connectivity index (χ4v) is 3.11. The summed E-state index contributed by atoms with van der Waals surface area (Å²) in [6, 6.07) is 9.39. The van der Waals surface area contributed by atoms with Crippen LogP contribution in [0.4, 0.5) is 27.9 Å². The molecule has 30 heavy (non-hydrogen) atoms. The van der Waals surface area contributed by atoms with Crippen molar-refractivity contribution in [3.05, 3.63) is 41.1 Å². The third-order valence-electron chi connectivity index (χ3n) is 4.63. The number of halogens is 5. The molecule has 2 heterocycles. The summed E-state index contributed by atoms with van der Waals surface area (Å²) >= 11 is 0. The second-order valence-corrected chi connectivity index (χ2v) is 6.62. The van der Waals surface area contributed by atoms with Gasteiger partial charge in [0.25, 0.3) is 5.92 Å². The Morgan fingerprint density at radius 3 is 2.20 bits per heavy atom. The van der Waals surface area contributed by atoms with Gasteiger partial charge in [-0.05, 0) is 18.4 Å². The maximum atomic E-state index is 14.2. The van der Waals surface area contributed by atoms with Crippen molar-refractivity contribution in [2.75, 3.05) is 18.0 Å². The van der Waals surface area contributed by atoms with Crippen molar-refractivity contribution in [2.45, 2.75) is 45.3 Å². The van der Waals surface area contributed by atoms with Gasteiger partial charge in [0, 0.05) is 44.1 Å². The molecule has 2 N–H and O–H groups in total. The minimum Gasteiger partial charge on any atom is -0.341 e. The molecule has 2 aromatic rings. The van der Waals surface area contributed by atoms with Crippen LogP contribution in [0.2, 0.25) is 0 Å². The first-order valence-electron chi connectivity index (χ1n) is 9.30. The van der Waals surface area contributed by atoms with Gasteiger partial charge in [-0.15, -0.1) is 0 Å². The van der Waals surface area contributed by atoms with Crippen LogP contribution in [0.5, 0.6) is 0 Å². The lowest BCUT2D eigenvalue weighted by atomic mass is 10.0. The van der Waals surface area contributed by atoms with E-state index in [2.05, 4.69) is 9.97 Å². The lowest BCUT2D eigenvalue weighted by Gasteiger charge is -2.31. The Morgan fingerprint density at radius 2 is 1.73 bits per heavy atom. The molecule has 1 aromatic carbocycles. The van der Waals surface area contributed by atoms with Gasteiger partial charge in [0.2, 0.25) is 5.95 Å². The van der Waals surface area contributed by atoms with Crippen molar-refractivity contribution < 1.29 is 22.0 Å². The van der Waals surface area contributed by atoms with E-state index in [1.54, 1.807) is 6.07 Å². The molecule has 10 heteroatoms. The predicted molar refractivity (Wildman–Crippen MR) is 103 cm³/mol. The highest BCUT2D eigenvalue weighted by atomic mass is 19.4. The Kier molecular flexibility index (Phi) is 8.06. The van der Waals surface area contributed by atoms with Gasteiger partial charge in [-0.25, -0.2) is 9.97 Å². The number of nitriles is 1. The van der Waals surface area contributed by atoms with E-state index in [1.807, 2.05) is 29.2 Å². The van der Waals surface area contributed by atoms with Crippen molar-refractivity contribution in [1.29, 1.82) is 5.26 Å². The van der Waals surface area contributed by atoms with Gasteiger partial charge >= 0.3 is 6.68 Å². The first-order chi connectivity index (χ1) is 14.2. The number of nitrogens with zero attached hydrogens (tertiary/aromatic N) is 4. The molecule has 5 nitrogen and oxygen atoms in total. The molecule has 4 rings (SSSR count). The molecule has 0 atom stereocenters. The zero-order valence-corrected chi connectivity index (χ0v) is 16.4.